The second kappa shape index (κ2) is 4.29. The Kier molecular flexibility index (Phi) is 2.52. The molecule has 0 aliphatic rings. The van der Waals surface area contributed by atoms with E-state index in [-0.39, 0.29) is 0 Å². The zero-order valence-electron chi connectivity index (χ0n) is 11.0. The average molecular weight is 344 g/mol. The number of hydrogen-bond acceptors (Lipinski definition) is 5. The third kappa shape index (κ3) is 1.81. The highest BCUT2D eigenvalue weighted by Gasteiger charge is 2.13. The molecule has 21 heavy (non-hydrogen) atoms. The number of anilines is 1. The summed E-state index contributed by atoms with van der Waals surface area (Å²) in [6.07, 6.45) is 5.16. The van der Waals surface area contributed by atoms with Crippen molar-refractivity contribution >= 4 is 38.5 Å². The Hall–Kier alpha value is -2.41. The molecule has 0 unspecified atom stereocenters. The number of aromatic nitrogens is 4. The predicted molar refractivity (Wildman–Crippen MR) is 82.8 cm³/mol. The minimum Gasteiger partial charge on any atom is -0.443 e. The maximum Gasteiger partial charge on any atom is 0.226 e. The number of pyridine rings is 1. The van der Waals surface area contributed by atoms with Crippen molar-refractivity contribution in [3.8, 4) is 11.1 Å². The Morgan fingerprint density at radius 1 is 1.19 bits per heavy atom. The first-order valence-electron chi connectivity index (χ1n) is 6.28. The maximum atomic E-state index is 5.99. The average Bonchev–Trinajstić information content (AvgIpc) is 3.04. The van der Waals surface area contributed by atoms with Gasteiger partial charge in [-0.15, -0.1) is 0 Å². The Bertz CT molecular complexity index is 988. The van der Waals surface area contributed by atoms with Gasteiger partial charge in [0.15, 0.2) is 5.65 Å². The molecular formula is C14H10BrN5O. The maximum absolute atomic E-state index is 5.99. The third-order valence-corrected chi connectivity index (χ3v) is 3.93. The van der Waals surface area contributed by atoms with Crippen LogP contribution in [0.2, 0.25) is 0 Å². The third-order valence-electron chi connectivity index (χ3n) is 3.32. The predicted octanol–water partition coefficient (Wildman–Crippen LogP) is 3.19. The van der Waals surface area contributed by atoms with E-state index in [0.717, 1.165) is 22.3 Å². The van der Waals surface area contributed by atoms with E-state index in [1.54, 1.807) is 23.1 Å². The first kappa shape index (κ1) is 12.3. The number of nitrogen functional groups attached to an aromatic ring is 1. The molecule has 0 saturated carbocycles. The number of hydrogen-bond donors (Lipinski definition) is 1. The molecule has 0 aliphatic heterocycles. The van der Waals surface area contributed by atoms with Gasteiger partial charge in [0.05, 0.1) is 10.7 Å². The van der Waals surface area contributed by atoms with Crippen LogP contribution in [0.3, 0.4) is 0 Å². The molecule has 0 amide bonds. The van der Waals surface area contributed by atoms with E-state index in [4.69, 9.17) is 10.2 Å². The smallest absolute Gasteiger partial charge is 0.226 e. The molecule has 0 bridgehead atoms. The molecule has 4 aromatic heterocycles. The molecule has 2 N–H and O–H groups in total. The van der Waals surface area contributed by atoms with Gasteiger partial charge in [-0.1, -0.05) is 0 Å². The highest BCUT2D eigenvalue weighted by atomic mass is 79.9. The molecule has 4 rings (SSSR count). The number of nitrogens with zero attached hydrogens (tertiary/aromatic N) is 4. The van der Waals surface area contributed by atoms with Crippen molar-refractivity contribution < 1.29 is 4.42 Å². The Balaban J connectivity index is 1.97. The van der Waals surface area contributed by atoms with Crippen LogP contribution in [0, 0.1) is 6.92 Å². The van der Waals surface area contributed by atoms with Crippen LogP contribution in [0.25, 0.3) is 27.9 Å². The van der Waals surface area contributed by atoms with E-state index in [9.17, 15) is 0 Å². The number of nitrogens with two attached hydrogens (primary N) is 1. The van der Waals surface area contributed by atoms with Crippen molar-refractivity contribution in [1.82, 2.24) is 19.6 Å². The number of rotatable bonds is 1. The van der Waals surface area contributed by atoms with Gasteiger partial charge in [-0.25, -0.2) is 9.97 Å². The van der Waals surface area contributed by atoms with Crippen LogP contribution in [0.4, 0.5) is 5.82 Å². The van der Waals surface area contributed by atoms with Crippen molar-refractivity contribution in [2.24, 2.45) is 0 Å². The molecule has 0 fully saturated rings. The van der Waals surface area contributed by atoms with E-state index in [2.05, 4.69) is 31.0 Å². The molecule has 0 aromatic carbocycles. The van der Waals surface area contributed by atoms with Gasteiger partial charge in [0.25, 0.3) is 0 Å². The first-order chi connectivity index (χ1) is 10.1. The molecule has 0 saturated heterocycles. The van der Waals surface area contributed by atoms with Crippen LogP contribution in [0.1, 0.15) is 5.76 Å². The van der Waals surface area contributed by atoms with E-state index in [1.165, 1.54) is 0 Å². The topological polar surface area (TPSA) is 82.2 Å². The first-order valence-corrected chi connectivity index (χ1v) is 7.07. The van der Waals surface area contributed by atoms with Gasteiger partial charge in [-0.05, 0) is 35.0 Å². The quantitative estimate of drug-likeness (QED) is 0.573. The lowest BCUT2D eigenvalue weighted by Gasteiger charge is -2.02. The summed E-state index contributed by atoms with van der Waals surface area (Å²) in [5, 5.41) is 5.24. The summed E-state index contributed by atoms with van der Waals surface area (Å²) in [5.74, 6) is 1.35. The minimum atomic E-state index is 0.513. The molecular weight excluding hydrogens is 334 g/mol. The highest BCUT2D eigenvalue weighted by molar-refractivity contribution is 9.10. The summed E-state index contributed by atoms with van der Waals surface area (Å²) in [5.41, 5.74) is 9.11. The van der Waals surface area contributed by atoms with Crippen molar-refractivity contribution in [2.45, 2.75) is 6.92 Å². The van der Waals surface area contributed by atoms with E-state index in [0.29, 0.717) is 21.7 Å². The second-order valence-corrected chi connectivity index (χ2v) is 5.61. The summed E-state index contributed by atoms with van der Waals surface area (Å²) >= 11 is 3.34. The van der Waals surface area contributed by atoms with Crippen LogP contribution in [0.15, 0.2) is 39.6 Å². The van der Waals surface area contributed by atoms with Crippen LogP contribution in [0.5, 0.6) is 0 Å². The van der Waals surface area contributed by atoms with Crippen molar-refractivity contribution in [3.63, 3.8) is 0 Å². The summed E-state index contributed by atoms with van der Waals surface area (Å²) in [6.45, 7) is 1.90. The number of aryl methyl sites for hydroxylation is 1. The fourth-order valence-corrected chi connectivity index (χ4v) is 2.61. The number of halogens is 1. The standard InChI is InChI=1S/C14H10BrN5O/c1-7-2-8-3-9(4-18-14(8)21-7)10-5-19-20-12(16)11(15)6-17-13(10)20/h2-6H,16H2,1H3. The van der Waals surface area contributed by atoms with E-state index >= 15 is 0 Å². The normalized spacial score (nSPS) is 11.5. The number of furan rings is 1. The summed E-state index contributed by atoms with van der Waals surface area (Å²) < 4.78 is 7.80. The van der Waals surface area contributed by atoms with E-state index in [1.807, 2.05) is 19.1 Å². The molecule has 0 aliphatic carbocycles. The summed E-state index contributed by atoms with van der Waals surface area (Å²) in [7, 11) is 0. The number of fused-ring (bicyclic) bond motifs is 2. The molecule has 0 radical (unpaired) electrons. The van der Waals surface area contributed by atoms with Crippen molar-refractivity contribution in [1.29, 1.82) is 0 Å². The van der Waals surface area contributed by atoms with Gasteiger partial charge < -0.3 is 10.2 Å². The summed E-state index contributed by atoms with van der Waals surface area (Å²) in [6, 6.07) is 3.96. The molecule has 4 aromatic rings. The Labute approximate surface area is 127 Å². The van der Waals surface area contributed by atoms with Gasteiger partial charge >= 0.3 is 0 Å². The van der Waals surface area contributed by atoms with Gasteiger partial charge in [0, 0.05) is 28.9 Å². The van der Waals surface area contributed by atoms with Gasteiger partial charge in [-0.3, -0.25) is 0 Å². The summed E-state index contributed by atoms with van der Waals surface area (Å²) in [4.78, 5) is 8.72. The fourth-order valence-electron chi connectivity index (χ4n) is 2.34. The lowest BCUT2D eigenvalue weighted by Crippen LogP contribution is -2.00. The molecule has 0 spiro atoms. The SMILES string of the molecule is Cc1cc2cc(-c3cnn4c(N)c(Br)cnc34)cnc2o1. The molecule has 0 atom stereocenters. The molecule has 4 heterocycles. The Morgan fingerprint density at radius 3 is 2.90 bits per heavy atom. The van der Waals surface area contributed by atoms with Crippen LogP contribution in [-0.2, 0) is 0 Å². The Morgan fingerprint density at radius 2 is 2.05 bits per heavy atom. The second-order valence-electron chi connectivity index (χ2n) is 4.76. The van der Waals surface area contributed by atoms with E-state index < -0.39 is 0 Å². The molecule has 104 valence electrons. The fraction of sp³-hybridized carbons (Fsp3) is 0.0714. The molecule has 7 heteroatoms. The van der Waals surface area contributed by atoms with Crippen LogP contribution in [-0.4, -0.2) is 19.6 Å². The zero-order valence-corrected chi connectivity index (χ0v) is 12.6. The lowest BCUT2D eigenvalue weighted by molar-refractivity contribution is 0.567. The molecule has 6 nitrogen and oxygen atoms in total. The lowest BCUT2D eigenvalue weighted by atomic mass is 10.1. The van der Waals surface area contributed by atoms with Gasteiger partial charge in [0.1, 0.15) is 11.6 Å². The highest BCUT2D eigenvalue weighted by Crippen LogP contribution is 2.29. The van der Waals surface area contributed by atoms with Crippen molar-refractivity contribution in [2.75, 3.05) is 5.73 Å². The zero-order chi connectivity index (χ0) is 14.6. The van der Waals surface area contributed by atoms with Crippen LogP contribution >= 0.6 is 15.9 Å². The minimum absolute atomic E-state index is 0.513. The van der Waals surface area contributed by atoms with Crippen LogP contribution < -0.4 is 5.73 Å². The monoisotopic (exact) mass is 343 g/mol. The van der Waals surface area contributed by atoms with Crippen molar-refractivity contribution in [3.05, 3.63) is 41.0 Å². The van der Waals surface area contributed by atoms with Gasteiger partial charge in [0.2, 0.25) is 5.71 Å². The van der Waals surface area contributed by atoms with Gasteiger partial charge in [-0.2, -0.15) is 9.61 Å². The largest absolute Gasteiger partial charge is 0.443 e.